The fraction of sp³-hybridized carbons (Fsp3) is 0.500. The number of amides is 1. The number of hydrogen-bond donors (Lipinski definition) is 1. The summed E-state index contributed by atoms with van der Waals surface area (Å²) in [5.41, 5.74) is 0.190. The van der Waals surface area contributed by atoms with Gasteiger partial charge in [-0.15, -0.1) is 0 Å². The normalized spacial score (nSPS) is 27.0. The molecule has 0 bridgehead atoms. The van der Waals surface area contributed by atoms with Crippen molar-refractivity contribution in [1.29, 1.82) is 0 Å². The Morgan fingerprint density at radius 2 is 1.81 bits per heavy atom. The Balaban J connectivity index is 1.42. The molecule has 1 saturated carbocycles. The van der Waals surface area contributed by atoms with Crippen molar-refractivity contribution in [3.8, 4) is 5.75 Å². The minimum absolute atomic E-state index is 0.0100. The second-order valence-electron chi connectivity index (χ2n) is 9.30. The van der Waals surface area contributed by atoms with Crippen LogP contribution in [-0.4, -0.2) is 65.2 Å². The van der Waals surface area contributed by atoms with Crippen LogP contribution < -0.4 is 4.74 Å². The molecule has 4 rings (SSSR count). The summed E-state index contributed by atoms with van der Waals surface area (Å²) >= 11 is 0. The summed E-state index contributed by atoms with van der Waals surface area (Å²) in [7, 11) is 0. The molecule has 0 unspecified atom stereocenters. The maximum absolute atomic E-state index is 13.5. The summed E-state index contributed by atoms with van der Waals surface area (Å²) < 4.78 is 19.3. The third kappa shape index (κ3) is 5.67. The number of carbonyl (C=O) groups is 1. The molecule has 2 fully saturated rings. The van der Waals surface area contributed by atoms with E-state index in [0.29, 0.717) is 30.8 Å². The summed E-state index contributed by atoms with van der Waals surface area (Å²) in [5, 5.41) is 11.5. The smallest absolute Gasteiger partial charge is 0.219 e. The van der Waals surface area contributed by atoms with E-state index in [1.165, 1.54) is 24.6 Å². The molecule has 2 aromatic rings. The van der Waals surface area contributed by atoms with E-state index >= 15 is 0 Å². The number of hydrogen-bond acceptors (Lipinski definition) is 4. The highest BCUT2D eigenvalue weighted by molar-refractivity contribution is 5.73. The van der Waals surface area contributed by atoms with Gasteiger partial charge in [-0.1, -0.05) is 36.4 Å². The zero-order valence-electron chi connectivity index (χ0n) is 18.8. The highest BCUT2D eigenvalue weighted by atomic mass is 19.1. The first-order valence-corrected chi connectivity index (χ1v) is 11.6. The van der Waals surface area contributed by atoms with E-state index in [1.807, 2.05) is 0 Å². The molecule has 172 valence electrons. The lowest BCUT2D eigenvalue weighted by Crippen LogP contribution is -2.53. The zero-order chi connectivity index (χ0) is 22.6. The summed E-state index contributed by atoms with van der Waals surface area (Å²) in [6, 6.07) is 17.0. The van der Waals surface area contributed by atoms with Crippen molar-refractivity contribution in [3.63, 3.8) is 0 Å². The molecule has 1 N–H and O–H groups in total. The van der Waals surface area contributed by atoms with E-state index in [0.717, 1.165) is 32.2 Å². The van der Waals surface area contributed by atoms with E-state index < -0.39 is 5.60 Å². The van der Waals surface area contributed by atoms with E-state index in [-0.39, 0.29) is 24.9 Å². The summed E-state index contributed by atoms with van der Waals surface area (Å²) in [6.45, 7) is 3.53. The van der Waals surface area contributed by atoms with Crippen molar-refractivity contribution in [2.24, 2.45) is 0 Å². The molecule has 1 aliphatic heterocycles. The quantitative estimate of drug-likeness (QED) is 0.768. The van der Waals surface area contributed by atoms with Crippen molar-refractivity contribution in [1.82, 2.24) is 9.80 Å². The van der Waals surface area contributed by atoms with Crippen LogP contribution in [0.15, 0.2) is 54.6 Å². The second kappa shape index (κ2) is 10.0. The number of nitrogens with zero attached hydrogens (tertiary/aromatic N) is 2. The van der Waals surface area contributed by atoms with Crippen molar-refractivity contribution in [3.05, 3.63) is 66.0 Å². The van der Waals surface area contributed by atoms with Crippen LogP contribution in [0.3, 0.4) is 0 Å². The lowest BCUT2D eigenvalue weighted by atomic mass is 9.81. The molecule has 1 amide bonds. The number of ether oxygens (including phenoxy) is 1. The maximum atomic E-state index is 13.5. The van der Waals surface area contributed by atoms with E-state index in [1.54, 1.807) is 17.0 Å². The molecule has 1 atom stereocenters. The number of β-amino-alcohol motifs (C(OH)–C–C–N with tert-alkyl or cyclic N) is 1. The monoisotopic (exact) mass is 440 g/mol. The van der Waals surface area contributed by atoms with Gasteiger partial charge in [-0.2, -0.15) is 0 Å². The molecular weight excluding hydrogens is 407 g/mol. The van der Waals surface area contributed by atoms with Crippen LogP contribution in [0.1, 0.15) is 44.1 Å². The lowest BCUT2D eigenvalue weighted by Gasteiger charge is -2.39. The Labute approximate surface area is 189 Å². The fourth-order valence-corrected chi connectivity index (χ4v) is 5.14. The molecule has 0 aromatic heterocycles. The van der Waals surface area contributed by atoms with Crippen molar-refractivity contribution < 1.29 is 19.0 Å². The van der Waals surface area contributed by atoms with Gasteiger partial charge in [-0.05, 0) is 49.3 Å². The van der Waals surface area contributed by atoms with Crippen molar-refractivity contribution in [2.45, 2.75) is 50.2 Å². The topological polar surface area (TPSA) is 53.0 Å². The molecule has 1 saturated heterocycles. The molecule has 6 heteroatoms. The Bertz CT molecular complexity index is 901. The van der Waals surface area contributed by atoms with Crippen LogP contribution in [0.4, 0.5) is 4.39 Å². The minimum Gasteiger partial charge on any atom is -0.490 e. The van der Waals surface area contributed by atoms with Gasteiger partial charge >= 0.3 is 0 Å². The molecule has 1 heterocycles. The Hall–Kier alpha value is -2.44. The van der Waals surface area contributed by atoms with Crippen molar-refractivity contribution >= 4 is 5.91 Å². The Kier molecular flexibility index (Phi) is 7.11. The Morgan fingerprint density at radius 3 is 2.50 bits per heavy atom. The van der Waals surface area contributed by atoms with Gasteiger partial charge in [0.05, 0.1) is 6.54 Å². The summed E-state index contributed by atoms with van der Waals surface area (Å²) in [4.78, 5) is 16.2. The van der Waals surface area contributed by atoms with Crippen LogP contribution in [0.2, 0.25) is 0 Å². The molecule has 5 nitrogen and oxygen atoms in total. The van der Waals surface area contributed by atoms with Gasteiger partial charge in [0.25, 0.3) is 0 Å². The first-order valence-electron chi connectivity index (χ1n) is 11.6. The number of benzene rings is 2. The molecule has 2 aromatic carbocycles. The Morgan fingerprint density at radius 1 is 1.06 bits per heavy atom. The average molecular weight is 441 g/mol. The summed E-state index contributed by atoms with van der Waals surface area (Å²) in [5.74, 6) is 0.539. The zero-order valence-corrected chi connectivity index (χ0v) is 18.8. The van der Waals surface area contributed by atoms with Crippen LogP contribution in [0.5, 0.6) is 5.75 Å². The van der Waals surface area contributed by atoms with Gasteiger partial charge in [0, 0.05) is 38.7 Å². The first-order chi connectivity index (χ1) is 15.4. The number of halogens is 1. The standard InChI is InChI=1S/C26H33FN2O3/c1-20(30)28-14-15-29(24-12-10-22(11-13-24)21-6-3-2-4-7-21)18-26(31,17-28)19-32-25-9-5-8-23(27)16-25/h2-9,16,22,24,31H,10-15,17-19H2,1H3/t22?,24?,26-/m0/s1. The van der Waals surface area contributed by atoms with Crippen LogP contribution >= 0.6 is 0 Å². The molecular formula is C26H33FN2O3. The lowest BCUT2D eigenvalue weighted by molar-refractivity contribution is -0.132. The molecule has 32 heavy (non-hydrogen) atoms. The molecule has 2 aliphatic rings. The van der Waals surface area contributed by atoms with Crippen LogP contribution in [-0.2, 0) is 4.79 Å². The highest BCUT2D eigenvalue weighted by Crippen LogP contribution is 2.35. The summed E-state index contributed by atoms with van der Waals surface area (Å²) in [6.07, 6.45) is 4.39. The van der Waals surface area contributed by atoms with Gasteiger partial charge in [0.15, 0.2) is 0 Å². The number of aliphatic hydroxyl groups is 1. The molecule has 0 spiro atoms. The number of rotatable bonds is 5. The van der Waals surface area contributed by atoms with Crippen molar-refractivity contribution in [2.75, 3.05) is 32.8 Å². The van der Waals surface area contributed by atoms with Crippen LogP contribution in [0.25, 0.3) is 0 Å². The third-order valence-corrected chi connectivity index (χ3v) is 6.87. The molecule has 0 radical (unpaired) electrons. The second-order valence-corrected chi connectivity index (χ2v) is 9.30. The first kappa shape index (κ1) is 22.7. The van der Waals surface area contributed by atoms with Gasteiger partial charge in [-0.25, -0.2) is 4.39 Å². The van der Waals surface area contributed by atoms with Gasteiger partial charge in [-0.3, -0.25) is 9.69 Å². The SMILES string of the molecule is CC(=O)N1CCN(C2CCC(c3ccccc3)CC2)C[C@](O)(COc2cccc(F)c2)C1. The predicted molar refractivity (Wildman–Crippen MR) is 122 cm³/mol. The minimum atomic E-state index is -1.22. The fourth-order valence-electron chi connectivity index (χ4n) is 5.14. The van der Waals surface area contributed by atoms with E-state index in [4.69, 9.17) is 4.74 Å². The largest absolute Gasteiger partial charge is 0.490 e. The van der Waals surface area contributed by atoms with Gasteiger partial charge in [0.2, 0.25) is 5.91 Å². The molecule has 1 aliphatic carbocycles. The van der Waals surface area contributed by atoms with Crippen LogP contribution in [0, 0.1) is 5.82 Å². The van der Waals surface area contributed by atoms with E-state index in [2.05, 4.69) is 35.2 Å². The predicted octanol–water partition coefficient (Wildman–Crippen LogP) is 3.83. The third-order valence-electron chi connectivity index (χ3n) is 6.87. The highest BCUT2D eigenvalue weighted by Gasteiger charge is 2.39. The number of carbonyl (C=O) groups excluding carboxylic acids is 1. The van der Waals surface area contributed by atoms with E-state index in [9.17, 15) is 14.3 Å². The maximum Gasteiger partial charge on any atom is 0.219 e. The average Bonchev–Trinajstić information content (AvgIpc) is 2.98. The van der Waals surface area contributed by atoms with Gasteiger partial charge in [0.1, 0.15) is 23.8 Å². The van der Waals surface area contributed by atoms with Gasteiger partial charge < -0.3 is 14.7 Å².